The van der Waals surface area contributed by atoms with Gasteiger partial charge in [0, 0.05) is 20.7 Å². The summed E-state index contributed by atoms with van der Waals surface area (Å²) in [6.45, 7) is 0. The van der Waals surface area contributed by atoms with Crippen LogP contribution in [0.3, 0.4) is 0 Å². The van der Waals surface area contributed by atoms with E-state index in [1.807, 2.05) is 30.3 Å². The van der Waals surface area contributed by atoms with Gasteiger partial charge < -0.3 is 20.7 Å². The maximum atomic E-state index is 14.2. The van der Waals surface area contributed by atoms with Crippen molar-refractivity contribution in [1.29, 1.82) is 0 Å². The van der Waals surface area contributed by atoms with Crippen LogP contribution in [-0.2, 0) is 9.59 Å². The van der Waals surface area contributed by atoms with Crippen LogP contribution in [0.4, 0.5) is 15.8 Å². The fourth-order valence-corrected chi connectivity index (χ4v) is 5.09. The van der Waals surface area contributed by atoms with Gasteiger partial charge in [-0.15, -0.1) is 11.8 Å². The monoisotopic (exact) mass is 695 g/mol. The van der Waals surface area contributed by atoms with Crippen molar-refractivity contribution in [2.24, 2.45) is 0 Å². The Balaban J connectivity index is 1.17. The van der Waals surface area contributed by atoms with Gasteiger partial charge in [0.15, 0.2) is 0 Å². The number of carbonyl (C=O) groups excluding carboxylic acids is 3. The first-order valence-corrected chi connectivity index (χ1v) is 15.8. The molecule has 0 atom stereocenters. The van der Waals surface area contributed by atoms with Crippen LogP contribution in [0.5, 0.6) is 11.5 Å². The Morgan fingerprint density at radius 3 is 2.02 bits per heavy atom. The summed E-state index contributed by atoms with van der Waals surface area (Å²) in [5.41, 5.74) is 1.53. The molecule has 0 spiro atoms. The Morgan fingerprint density at radius 1 is 0.717 bits per heavy atom. The van der Waals surface area contributed by atoms with Crippen LogP contribution < -0.4 is 20.7 Å². The van der Waals surface area contributed by atoms with E-state index in [4.69, 9.17) is 4.74 Å². The van der Waals surface area contributed by atoms with Gasteiger partial charge in [0.2, 0.25) is 5.91 Å². The molecule has 0 saturated heterocycles. The molecule has 3 amide bonds. The summed E-state index contributed by atoms with van der Waals surface area (Å²) in [6, 6.07) is 36.2. The predicted molar refractivity (Wildman–Crippen MR) is 183 cm³/mol. The summed E-state index contributed by atoms with van der Waals surface area (Å²) in [5, 5.41) is 8.17. The molecule has 7 nitrogen and oxygen atoms in total. The van der Waals surface area contributed by atoms with Crippen LogP contribution >= 0.6 is 27.7 Å². The Hall–Kier alpha value is -5.19. The highest BCUT2D eigenvalue weighted by Crippen LogP contribution is 2.24. The molecule has 5 rings (SSSR count). The molecule has 0 unspecified atom stereocenters. The summed E-state index contributed by atoms with van der Waals surface area (Å²) in [4.78, 5) is 39.4. The zero-order valence-electron chi connectivity index (χ0n) is 24.2. The molecular weight excluding hydrogens is 669 g/mol. The highest BCUT2D eigenvalue weighted by molar-refractivity contribution is 9.10. The summed E-state index contributed by atoms with van der Waals surface area (Å²) in [6.07, 6.45) is 1.51. The number of ether oxygens (including phenoxy) is 1. The van der Waals surface area contributed by atoms with Crippen LogP contribution in [0.15, 0.2) is 142 Å². The molecule has 3 N–H and O–H groups in total. The van der Waals surface area contributed by atoms with E-state index in [9.17, 15) is 18.8 Å². The minimum atomic E-state index is -0.752. The number of rotatable bonds is 11. The van der Waals surface area contributed by atoms with Crippen molar-refractivity contribution in [2.45, 2.75) is 4.90 Å². The smallest absolute Gasteiger partial charge is 0.272 e. The second-order valence-corrected chi connectivity index (χ2v) is 11.8. The fraction of sp³-hybridized carbons (Fsp3) is 0.0278. The summed E-state index contributed by atoms with van der Waals surface area (Å²) < 4.78 is 20.9. The molecule has 0 aliphatic carbocycles. The van der Waals surface area contributed by atoms with Gasteiger partial charge >= 0.3 is 0 Å². The van der Waals surface area contributed by atoms with Gasteiger partial charge in [-0.1, -0.05) is 58.4 Å². The first kappa shape index (κ1) is 32.2. The van der Waals surface area contributed by atoms with E-state index in [0.717, 1.165) is 15.1 Å². The van der Waals surface area contributed by atoms with Crippen LogP contribution in [0, 0.1) is 5.82 Å². The minimum absolute atomic E-state index is 0.0645. The number of carbonyl (C=O) groups is 3. The molecule has 0 aliphatic rings. The summed E-state index contributed by atoms with van der Waals surface area (Å²) in [7, 11) is 0. The molecule has 46 heavy (non-hydrogen) atoms. The van der Waals surface area contributed by atoms with Gasteiger partial charge in [0.1, 0.15) is 23.0 Å². The van der Waals surface area contributed by atoms with Crippen molar-refractivity contribution in [3.63, 3.8) is 0 Å². The van der Waals surface area contributed by atoms with Crippen molar-refractivity contribution in [3.8, 4) is 11.5 Å². The fourth-order valence-electron chi connectivity index (χ4n) is 4.13. The molecule has 230 valence electrons. The predicted octanol–water partition coefficient (Wildman–Crippen LogP) is 8.52. The first-order valence-electron chi connectivity index (χ1n) is 14.0. The van der Waals surface area contributed by atoms with Crippen molar-refractivity contribution in [3.05, 3.63) is 155 Å². The van der Waals surface area contributed by atoms with Gasteiger partial charge in [-0.05, 0) is 96.6 Å². The second kappa shape index (κ2) is 15.7. The van der Waals surface area contributed by atoms with Crippen molar-refractivity contribution < 1.29 is 23.5 Å². The number of hydrogen-bond donors (Lipinski definition) is 3. The zero-order valence-corrected chi connectivity index (χ0v) is 26.6. The average molecular weight is 697 g/mol. The maximum Gasteiger partial charge on any atom is 0.272 e. The molecule has 10 heteroatoms. The zero-order chi connectivity index (χ0) is 32.3. The highest BCUT2D eigenvalue weighted by atomic mass is 79.9. The molecule has 0 bridgehead atoms. The third-order valence-electron chi connectivity index (χ3n) is 6.39. The quantitative estimate of drug-likeness (QED) is 0.0951. The second-order valence-electron chi connectivity index (χ2n) is 9.80. The van der Waals surface area contributed by atoms with Gasteiger partial charge in [0.25, 0.3) is 11.8 Å². The number of nitrogens with one attached hydrogen (secondary N) is 3. The van der Waals surface area contributed by atoms with Crippen LogP contribution in [0.2, 0.25) is 0 Å². The van der Waals surface area contributed by atoms with Gasteiger partial charge in [-0.3, -0.25) is 14.4 Å². The summed E-state index contributed by atoms with van der Waals surface area (Å²) in [5.74, 6) is -0.648. The maximum absolute atomic E-state index is 14.2. The number of benzene rings is 5. The van der Waals surface area contributed by atoms with Crippen LogP contribution in [0.25, 0.3) is 6.08 Å². The molecule has 5 aromatic carbocycles. The third kappa shape index (κ3) is 9.40. The number of anilines is 2. The minimum Gasteiger partial charge on any atom is -0.457 e. The summed E-state index contributed by atoms with van der Waals surface area (Å²) >= 11 is 4.71. The topological polar surface area (TPSA) is 96.5 Å². The number of thioether (sulfide) groups is 1. The molecule has 0 saturated carbocycles. The van der Waals surface area contributed by atoms with Crippen molar-refractivity contribution in [2.75, 3.05) is 16.4 Å². The highest BCUT2D eigenvalue weighted by Gasteiger charge is 2.17. The molecule has 0 aromatic heterocycles. The standard InChI is InChI=1S/C36H27BrFN3O4S/c37-25-12-10-24(11-13-25)22-33(41-35(43)31-8-4-5-9-32(31)38)36(44)40-27-16-20-30(21-17-27)46-23-34(42)39-26-14-18-29(19-15-26)45-28-6-2-1-3-7-28/h1-22H,23H2,(H,39,42)(H,40,44)(H,41,43)/b33-22+. The van der Waals surface area contributed by atoms with Gasteiger partial charge in [-0.25, -0.2) is 4.39 Å². The molecule has 0 heterocycles. The van der Waals surface area contributed by atoms with E-state index in [2.05, 4.69) is 31.9 Å². The van der Waals surface area contributed by atoms with Crippen LogP contribution in [0.1, 0.15) is 15.9 Å². The van der Waals surface area contributed by atoms with E-state index < -0.39 is 17.6 Å². The van der Waals surface area contributed by atoms with Gasteiger partial charge in [0.05, 0.1) is 11.3 Å². The first-order chi connectivity index (χ1) is 22.3. The van der Waals surface area contributed by atoms with Gasteiger partial charge in [-0.2, -0.15) is 0 Å². The number of amides is 3. The van der Waals surface area contributed by atoms with E-state index >= 15 is 0 Å². The lowest BCUT2D eigenvalue weighted by Gasteiger charge is -2.12. The van der Waals surface area contributed by atoms with E-state index in [0.29, 0.717) is 22.7 Å². The van der Waals surface area contributed by atoms with E-state index in [-0.39, 0.29) is 22.9 Å². The molecule has 0 fully saturated rings. The Morgan fingerprint density at radius 2 is 1.33 bits per heavy atom. The Labute approximate surface area is 278 Å². The van der Waals surface area contributed by atoms with E-state index in [1.54, 1.807) is 78.9 Å². The number of halogens is 2. The van der Waals surface area contributed by atoms with E-state index in [1.165, 1.54) is 36.0 Å². The van der Waals surface area contributed by atoms with Crippen LogP contribution in [-0.4, -0.2) is 23.5 Å². The lowest BCUT2D eigenvalue weighted by atomic mass is 10.1. The molecule has 0 radical (unpaired) electrons. The lowest BCUT2D eigenvalue weighted by Crippen LogP contribution is -2.31. The number of para-hydroxylation sites is 1. The third-order valence-corrected chi connectivity index (χ3v) is 7.93. The molecule has 0 aliphatic heterocycles. The Kier molecular flexibility index (Phi) is 11.0. The normalized spacial score (nSPS) is 11.0. The Bertz CT molecular complexity index is 1850. The van der Waals surface area contributed by atoms with Crippen molar-refractivity contribution in [1.82, 2.24) is 5.32 Å². The molecule has 5 aromatic rings. The van der Waals surface area contributed by atoms with Crippen molar-refractivity contribution >= 4 is 62.9 Å². The SMILES string of the molecule is O=C(CSc1ccc(NC(=O)/C(=C\c2ccc(Br)cc2)NC(=O)c2ccccc2F)cc1)Nc1ccc(Oc2ccccc2)cc1. The average Bonchev–Trinajstić information content (AvgIpc) is 3.06. The largest absolute Gasteiger partial charge is 0.457 e. The lowest BCUT2D eigenvalue weighted by molar-refractivity contribution is -0.114. The molecular formula is C36H27BrFN3O4S. The number of hydrogen-bond acceptors (Lipinski definition) is 5.